The third-order valence-electron chi connectivity index (χ3n) is 1.75. The fourth-order valence-electron chi connectivity index (χ4n) is 0.976. The largest absolute Gasteiger partial charge is 0.308 e. The van der Waals surface area contributed by atoms with Gasteiger partial charge in [-0.15, -0.1) is 6.42 Å². The van der Waals surface area contributed by atoms with Crippen LogP contribution in [-0.2, 0) is 4.79 Å². The lowest BCUT2D eigenvalue weighted by Crippen LogP contribution is -2.10. The SMILES string of the molecule is C#CCC(=O)Nc1cc(C(C)C)[nH]n1. The molecular weight excluding hydrogens is 178 g/mol. The number of hydrogen-bond donors (Lipinski definition) is 2. The van der Waals surface area contributed by atoms with Crippen LogP contribution in [0.1, 0.15) is 31.9 Å². The van der Waals surface area contributed by atoms with Crippen molar-refractivity contribution in [2.24, 2.45) is 0 Å². The summed E-state index contributed by atoms with van der Waals surface area (Å²) in [6, 6.07) is 1.80. The number of rotatable bonds is 3. The minimum absolute atomic E-state index is 0.0733. The fourth-order valence-corrected chi connectivity index (χ4v) is 0.976. The molecule has 0 radical (unpaired) electrons. The van der Waals surface area contributed by atoms with Crippen molar-refractivity contribution < 1.29 is 4.79 Å². The second-order valence-electron chi connectivity index (χ2n) is 3.29. The Morgan fingerprint density at radius 2 is 2.50 bits per heavy atom. The van der Waals surface area contributed by atoms with E-state index in [-0.39, 0.29) is 12.3 Å². The Balaban J connectivity index is 2.61. The van der Waals surface area contributed by atoms with Crippen molar-refractivity contribution in [2.75, 3.05) is 5.32 Å². The third-order valence-corrected chi connectivity index (χ3v) is 1.75. The summed E-state index contributed by atoms with van der Waals surface area (Å²) >= 11 is 0. The smallest absolute Gasteiger partial charge is 0.237 e. The Morgan fingerprint density at radius 3 is 3.00 bits per heavy atom. The maximum Gasteiger partial charge on any atom is 0.237 e. The molecule has 1 aromatic rings. The molecule has 0 saturated heterocycles. The number of nitrogens with one attached hydrogen (secondary N) is 2. The van der Waals surface area contributed by atoms with Crippen LogP contribution in [0.25, 0.3) is 0 Å². The molecule has 0 aliphatic heterocycles. The van der Waals surface area contributed by atoms with Gasteiger partial charge in [0.15, 0.2) is 5.82 Å². The lowest BCUT2D eigenvalue weighted by Gasteiger charge is -1.97. The molecule has 1 amide bonds. The molecule has 1 aromatic heterocycles. The molecule has 74 valence electrons. The van der Waals surface area contributed by atoms with E-state index >= 15 is 0 Å². The lowest BCUT2D eigenvalue weighted by molar-refractivity contribution is -0.115. The molecule has 0 aromatic carbocycles. The standard InChI is InChI=1S/C10H13N3O/c1-4-5-10(14)11-9-6-8(7(2)3)12-13-9/h1,6-7H,5H2,2-3H3,(H2,11,12,13,14). The second kappa shape index (κ2) is 4.47. The summed E-state index contributed by atoms with van der Waals surface area (Å²) in [6.07, 6.45) is 5.07. The highest BCUT2D eigenvalue weighted by Gasteiger charge is 2.06. The first-order valence-electron chi connectivity index (χ1n) is 4.42. The molecule has 4 heteroatoms. The van der Waals surface area contributed by atoms with Gasteiger partial charge in [0.2, 0.25) is 5.91 Å². The third kappa shape index (κ3) is 2.63. The lowest BCUT2D eigenvalue weighted by atomic mass is 10.1. The predicted octanol–water partition coefficient (Wildman–Crippen LogP) is 1.49. The molecule has 0 unspecified atom stereocenters. The number of aromatic amines is 1. The highest BCUT2D eigenvalue weighted by atomic mass is 16.1. The molecule has 14 heavy (non-hydrogen) atoms. The van der Waals surface area contributed by atoms with Crippen LogP contribution in [0.3, 0.4) is 0 Å². The van der Waals surface area contributed by atoms with E-state index in [0.717, 1.165) is 5.69 Å². The van der Waals surface area contributed by atoms with Gasteiger partial charge in [0.25, 0.3) is 0 Å². The van der Waals surface area contributed by atoms with Crippen LogP contribution < -0.4 is 5.32 Å². The maximum atomic E-state index is 11.1. The van der Waals surface area contributed by atoms with Gasteiger partial charge in [-0.3, -0.25) is 9.89 Å². The van der Waals surface area contributed by atoms with Crippen LogP contribution in [-0.4, -0.2) is 16.1 Å². The fraction of sp³-hybridized carbons (Fsp3) is 0.400. The molecule has 0 saturated carbocycles. The van der Waals surface area contributed by atoms with Crippen LogP contribution in [0, 0.1) is 12.3 Å². The van der Waals surface area contributed by atoms with E-state index in [1.54, 1.807) is 6.07 Å². The minimum atomic E-state index is -0.214. The molecule has 0 atom stereocenters. The summed E-state index contributed by atoms with van der Waals surface area (Å²) in [5, 5.41) is 9.36. The van der Waals surface area contributed by atoms with Crippen molar-refractivity contribution >= 4 is 11.7 Å². The first kappa shape index (κ1) is 10.3. The zero-order valence-electron chi connectivity index (χ0n) is 8.29. The zero-order chi connectivity index (χ0) is 10.6. The van der Waals surface area contributed by atoms with Gasteiger partial charge in [-0.2, -0.15) is 5.10 Å². The van der Waals surface area contributed by atoms with Crippen LogP contribution in [0.5, 0.6) is 0 Å². The molecule has 2 N–H and O–H groups in total. The van der Waals surface area contributed by atoms with E-state index in [9.17, 15) is 4.79 Å². The molecule has 0 aliphatic carbocycles. The first-order valence-corrected chi connectivity index (χ1v) is 4.42. The van der Waals surface area contributed by atoms with Crippen LogP contribution in [0.2, 0.25) is 0 Å². The highest BCUT2D eigenvalue weighted by Crippen LogP contribution is 2.14. The first-order chi connectivity index (χ1) is 6.63. The number of anilines is 1. The van der Waals surface area contributed by atoms with Gasteiger partial charge in [-0.25, -0.2) is 0 Å². The van der Waals surface area contributed by atoms with Crippen LogP contribution in [0.15, 0.2) is 6.07 Å². The molecule has 0 fully saturated rings. The molecule has 1 rings (SSSR count). The summed E-state index contributed by atoms with van der Waals surface area (Å²) in [6.45, 7) is 4.08. The van der Waals surface area contributed by atoms with Gasteiger partial charge in [0.1, 0.15) is 0 Å². The van der Waals surface area contributed by atoms with Crippen molar-refractivity contribution in [3.05, 3.63) is 11.8 Å². The summed E-state index contributed by atoms with van der Waals surface area (Å²) < 4.78 is 0. The van der Waals surface area contributed by atoms with Gasteiger partial charge < -0.3 is 5.32 Å². The normalized spacial score (nSPS) is 9.86. The molecule has 1 heterocycles. The average Bonchev–Trinajstić information content (AvgIpc) is 2.53. The van der Waals surface area contributed by atoms with Crippen molar-refractivity contribution in [2.45, 2.75) is 26.2 Å². The number of carbonyl (C=O) groups is 1. The van der Waals surface area contributed by atoms with Gasteiger partial charge >= 0.3 is 0 Å². The average molecular weight is 191 g/mol. The van der Waals surface area contributed by atoms with Crippen molar-refractivity contribution in [1.29, 1.82) is 0 Å². The van der Waals surface area contributed by atoms with Gasteiger partial charge in [-0.05, 0) is 5.92 Å². The number of carbonyl (C=O) groups excluding carboxylic acids is 1. The topological polar surface area (TPSA) is 57.8 Å². The Labute approximate surface area is 83.1 Å². The highest BCUT2D eigenvalue weighted by molar-refractivity contribution is 5.91. The minimum Gasteiger partial charge on any atom is -0.308 e. The molecule has 0 bridgehead atoms. The van der Waals surface area contributed by atoms with E-state index in [1.807, 2.05) is 13.8 Å². The molecule has 0 spiro atoms. The number of hydrogen-bond acceptors (Lipinski definition) is 2. The number of aromatic nitrogens is 2. The second-order valence-corrected chi connectivity index (χ2v) is 3.29. The summed E-state index contributed by atoms with van der Waals surface area (Å²) in [5.74, 6) is 2.94. The van der Waals surface area contributed by atoms with Crippen LogP contribution >= 0.6 is 0 Å². The number of H-pyrrole nitrogens is 1. The molecular formula is C10H13N3O. The summed E-state index contributed by atoms with van der Waals surface area (Å²) in [7, 11) is 0. The number of terminal acetylenes is 1. The van der Waals surface area contributed by atoms with E-state index in [1.165, 1.54) is 0 Å². The quantitative estimate of drug-likeness (QED) is 0.711. The maximum absolute atomic E-state index is 11.1. The van der Waals surface area contributed by atoms with Gasteiger partial charge in [0.05, 0.1) is 6.42 Å². The van der Waals surface area contributed by atoms with E-state index in [4.69, 9.17) is 6.42 Å². The predicted molar refractivity (Wildman–Crippen MR) is 54.8 cm³/mol. The van der Waals surface area contributed by atoms with Gasteiger partial charge in [-0.1, -0.05) is 19.8 Å². The number of amides is 1. The van der Waals surface area contributed by atoms with Crippen molar-refractivity contribution in [3.8, 4) is 12.3 Å². The van der Waals surface area contributed by atoms with E-state index in [2.05, 4.69) is 21.4 Å². The Kier molecular flexibility index (Phi) is 3.29. The van der Waals surface area contributed by atoms with E-state index in [0.29, 0.717) is 11.7 Å². The molecule has 4 nitrogen and oxygen atoms in total. The van der Waals surface area contributed by atoms with Gasteiger partial charge in [0, 0.05) is 11.8 Å². The monoisotopic (exact) mass is 191 g/mol. The Morgan fingerprint density at radius 1 is 1.79 bits per heavy atom. The molecule has 0 aliphatic rings. The number of nitrogens with zero attached hydrogens (tertiary/aromatic N) is 1. The van der Waals surface area contributed by atoms with Crippen LogP contribution in [0.4, 0.5) is 5.82 Å². The van der Waals surface area contributed by atoms with E-state index < -0.39 is 0 Å². The zero-order valence-corrected chi connectivity index (χ0v) is 8.29. The Hall–Kier alpha value is -1.76. The van der Waals surface area contributed by atoms with Crippen molar-refractivity contribution in [1.82, 2.24) is 10.2 Å². The summed E-state index contributed by atoms with van der Waals surface area (Å²) in [4.78, 5) is 11.1. The summed E-state index contributed by atoms with van der Waals surface area (Å²) in [5.41, 5.74) is 0.987. The van der Waals surface area contributed by atoms with Crippen molar-refractivity contribution in [3.63, 3.8) is 0 Å². The Bertz CT molecular complexity index is 360.